The fraction of sp³-hybridized carbons (Fsp3) is 0.938. The van der Waals surface area contributed by atoms with E-state index in [1.807, 2.05) is 0 Å². The zero-order valence-electron chi connectivity index (χ0n) is 53.9. The number of hydrogen-bond donors (Lipinski definition) is 3. The van der Waals surface area contributed by atoms with Crippen molar-refractivity contribution in [2.24, 2.45) is 0 Å². The number of carbonyl (C=O) groups is 4. The summed E-state index contributed by atoms with van der Waals surface area (Å²) in [6.45, 7) is 4.83. The Morgan fingerprint density at radius 3 is 0.702 bits per heavy atom. The van der Waals surface area contributed by atoms with Gasteiger partial charge in [0, 0.05) is 25.7 Å². The van der Waals surface area contributed by atoms with Gasteiger partial charge in [-0.15, -0.1) is 0 Å². The minimum atomic E-state index is -4.94. The van der Waals surface area contributed by atoms with Crippen LogP contribution in [0.5, 0.6) is 0 Å². The number of ether oxygens (including phenoxy) is 4. The molecule has 0 aromatic heterocycles. The Hall–Kier alpha value is -1.94. The van der Waals surface area contributed by atoms with Crippen LogP contribution in [0.1, 0.15) is 336 Å². The van der Waals surface area contributed by atoms with E-state index in [0.29, 0.717) is 25.7 Å². The molecule has 3 N–H and O–H groups in total. The minimum Gasteiger partial charge on any atom is -0.462 e. The number of esters is 4. The molecule has 84 heavy (non-hydrogen) atoms. The normalized spacial score (nSPS) is 14.1. The lowest BCUT2D eigenvalue weighted by atomic mass is 10.0. The summed E-state index contributed by atoms with van der Waals surface area (Å²) in [4.78, 5) is 72.0. The van der Waals surface area contributed by atoms with Crippen LogP contribution in [0.3, 0.4) is 0 Å². The highest BCUT2D eigenvalue weighted by Crippen LogP contribution is 2.45. The molecule has 0 radical (unpaired) electrons. The van der Waals surface area contributed by atoms with E-state index >= 15 is 0 Å². The average molecular weight is 1240 g/mol. The largest absolute Gasteiger partial charge is 0.472 e. The molecular formula is C65H126O17P2. The van der Waals surface area contributed by atoms with Gasteiger partial charge in [0.15, 0.2) is 12.2 Å². The van der Waals surface area contributed by atoms with Crippen LogP contribution in [0, 0.1) is 0 Å². The lowest BCUT2D eigenvalue weighted by molar-refractivity contribution is -0.161. The smallest absolute Gasteiger partial charge is 0.462 e. The summed E-state index contributed by atoms with van der Waals surface area (Å²) in [5.41, 5.74) is 0. The Kier molecular flexibility index (Phi) is 58.6. The maximum absolute atomic E-state index is 13.0. The number of rotatable bonds is 66. The highest BCUT2D eigenvalue weighted by atomic mass is 31.2. The van der Waals surface area contributed by atoms with Crippen LogP contribution in [-0.2, 0) is 65.4 Å². The molecule has 498 valence electrons. The third-order valence-corrected chi connectivity index (χ3v) is 17.0. The van der Waals surface area contributed by atoms with Crippen molar-refractivity contribution in [2.75, 3.05) is 39.6 Å². The molecule has 0 bridgehead atoms. The molecule has 0 fully saturated rings. The predicted molar refractivity (Wildman–Crippen MR) is 335 cm³/mol. The zero-order chi connectivity index (χ0) is 61.9. The van der Waals surface area contributed by atoms with Crippen molar-refractivity contribution in [1.82, 2.24) is 0 Å². The van der Waals surface area contributed by atoms with Crippen LogP contribution in [-0.4, -0.2) is 96.7 Å². The second-order valence-electron chi connectivity index (χ2n) is 23.5. The van der Waals surface area contributed by atoms with E-state index < -0.39 is 97.5 Å². The monoisotopic (exact) mass is 1240 g/mol. The summed E-state index contributed by atoms with van der Waals surface area (Å²) in [5.74, 6) is -2.14. The Balaban J connectivity index is 5.17. The van der Waals surface area contributed by atoms with Gasteiger partial charge in [0.1, 0.15) is 19.3 Å². The van der Waals surface area contributed by atoms with Gasteiger partial charge in [0.25, 0.3) is 0 Å². The number of phosphoric ester groups is 2. The van der Waals surface area contributed by atoms with Crippen molar-refractivity contribution in [3.63, 3.8) is 0 Å². The summed E-state index contributed by atoms with van der Waals surface area (Å²) < 4.78 is 67.9. The van der Waals surface area contributed by atoms with Gasteiger partial charge in [0.05, 0.1) is 26.4 Å². The molecule has 0 aliphatic heterocycles. The topological polar surface area (TPSA) is 237 Å². The van der Waals surface area contributed by atoms with Gasteiger partial charge in [0.2, 0.25) is 0 Å². The zero-order valence-corrected chi connectivity index (χ0v) is 55.7. The minimum absolute atomic E-state index is 0.107. The van der Waals surface area contributed by atoms with E-state index in [-0.39, 0.29) is 25.7 Å². The Morgan fingerprint density at radius 1 is 0.286 bits per heavy atom. The highest BCUT2D eigenvalue weighted by molar-refractivity contribution is 7.47. The summed E-state index contributed by atoms with van der Waals surface area (Å²) in [5, 5.41) is 10.5. The molecular weight excluding hydrogens is 1110 g/mol. The molecule has 0 aromatic carbocycles. The molecule has 2 unspecified atom stereocenters. The predicted octanol–water partition coefficient (Wildman–Crippen LogP) is 18.3. The van der Waals surface area contributed by atoms with Crippen LogP contribution < -0.4 is 0 Å². The van der Waals surface area contributed by atoms with Gasteiger partial charge in [-0.2, -0.15) is 0 Å². The van der Waals surface area contributed by atoms with Gasteiger partial charge >= 0.3 is 39.5 Å². The third-order valence-electron chi connectivity index (χ3n) is 15.1. The van der Waals surface area contributed by atoms with Crippen LogP contribution >= 0.6 is 15.6 Å². The van der Waals surface area contributed by atoms with Crippen LogP contribution in [0.15, 0.2) is 0 Å². The molecule has 17 nitrogen and oxygen atoms in total. The highest BCUT2D eigenvalue weighted by Gasteiger charge is 2.30. The summed E-state index contributed by atoms with van der Waals surface area (Å²) in [6.07, 6.45) is 46.0. The first kappa shape index (κ1) is 82.1. The number of aliphatic hydroxyl groups is 1. The number of phosphoric acid groups is 2. The fourth-order valence-corrected chi connectivity index (χ4v) is 11.4. The van der Waals surface area contributed by atoms with Crippen LogP contribution in [0.4, 0.5) is 0 Å². The standard InChI is InChI=1S/C65H126O17P2/c1-5-9-13-17-20-23-26-29-31-34-37-40-44-48-52-65(70)82-61(56-76-63(68)50-46-42-38-35-33-30-27-24-21-18-14-10-6-2)58-80-84(73,74)78-54-59(66)53-77-83(71,72)79-57-60(55-75-62(67)49-45-41-16-12-8-4)81-64(69)51-47-43-39-36-32-28-25-22-19-15-11-7-3/h59-61,66H,5-58H2,1-4H3,(H,71,72)(H,73,74)/t59-,60+,61+/m0/s1. The second-order valence-corrected chi connectivity index (χ2v) is 26.4. The van der Waals surface area contributed by atoms with Gasteiger partial charge < -0.3 is 33.8 Å². The second kappa shape index (κ2) is 60.0. The molecule has 0 aromatic rings. The maximum atomic E-state index is 13.0. The molecule has 0 saturated carbocycles. The van der Waals surface area contributed by atoms with Crippen LogP contribution in [0.25, 0.3) is 0 Å². The SMILES string of the molecule is CCCCCCCCCCCCCCCCC(=O)O[C@H](COC(=O)CCCCCCCCCCCCCCC)COP(=O)(O)OC[C@@H](O)COP(=O)(O)OC[C@@H](COC(=O)CCCCCCC)OC(=O)CCCCCCCCCCCCCC. The van der Waals surface area contributed by atoms with E-state index in [9.17, 15) is 43.2 Å². The fourth-order valence-electron chi connectivity index (χ4n) is 9.81. The van der Waals surface area contributed by atoms with E-state index in [0.717, 1.165) is 96.3 Å². The molecule has 0 rings (SSSR count). The third kappa shape index (κ3) is 59.0. The number of aliphatic hydroxyl groups excluding tert-OH is 1. The maximum Gasteiger partial charge on any atom is 0.472 e. The number of hydrogen-bond acceptors (Lipinski definition) is 15. The lowest BCUT2D eigenvalue weighted by Gasteiger charge is -2.21. The van der Waals surface area contributed by atoms with Gasteiger partial charge in [-0.3, -0.25) is 37.3 Å². The van der Waals surface area contributed by atoms with E-state index in [1.165, 1.54) is 161 Å². The van der Waals surface area contributed by atoms with Crippen molar-refractivity contribution in [3.05, 3.63) is 0 Å². The lowest BCUT2D eigenvalue weighted by Crippen LogP contribution is -2.30. The number of unbranched alkanes of at least 4 members (excludes halogenated alkanes) is 40. The first-order valence-corrected chi connectivity index (χ1v) is 37.3. The first-order chi connectivity index (χ1) is 40.7. The average Bonchev–Trinajstić information content (AvgIpc) is 3.64. The molecule has 0 aliphatic rings. The molecule has 0 aliphatic carbocycles. The Morgan fingerprint density at radius 2 is 0.476 bits per heavy atom. The van der Waals surface area contributed by atoms with Crippen molar-refractivity contribution in [2.45, 2.75) is 354 Å². The van der Waals surface area contributed by atoms with Crippen molar-refractivity contribution in [1.29, 1.82) is 0 Å². The van der Waals surface area contributed by atoms with Crippen molar-refractivity contribution in [3.8, 4) is 0 Å². The molecule has 0 amide bonds. The molecule has 19 heteroatoms. The van der Waals surface area contributed by atoms with Gasteiger partial charge in [-0.25, -0.2) is 9.13 Å². The molecule has 0 heterocycles. The Labute approximate surface area is 511 Å². The van der Waals surface area contributed by atoms with E-state index in [4.69, 9.17) is 37.0 Å². The molecule has 5 atom stereocenters. The van der Waals surface area contributed by atoms with E-state index in [2.05, 4.69) is 27.7 Å². The summed E-state index contributed by atoms with van der Waals surface area (Å²) in [6, 6.07) is 0. The Bertz CT molecular complexity index is 1620. The van der Waals surface area contributed by atoms with Crippen LogP contribution in [0.2, 0.25) is 0 Å². The molecule has 0 spiro atoms. The van der Waals surface area contributed by atoms with E-state index in [1.54, 1.807) is 0 Å². The summed E-state index contributed by atoms with van der Waals surface area (Å²) >= 11 is 0. The van der Waals surface area contributed by atoms with Crippen molar-refractivity contribution < 1.29 is 80.2 Å². The quantitative estimate of drug-likeness (QED) is 0.0222. The summed E-state index contributed by atoms with van der Waals surface area (Å²) in [7, 11) is -9.88. The number of carbonyl (C=O) groups excluding carboxylic acids is 4. The van der Waals surface area contributed by atoms with Crippen molar-refractivity contribution >= 4 is 39.5 Å². The molecule has 0 saturated heterocycles. The van der Waals surface area contributed by atoms with Gasteiger partial charge in [-0.1, -0.05) is 285 Å². The van der Waals surface area contributed by atoms with Gasteiger partial charge in [-0.05, 0) is 25.7 Å². The first-order valence-electron chi connectivity index (χ1n) is 34.3.